The van der Waals surface area contributed by atoms with E-state index in [-0.39, 0.29) is 5.41 Å². The van der Waals surface area contributed by atoms with E-state index in [9.17, 15) is 0 Å². The van der Waals surface area contributed by atoms with Crippen LogP contribution in [-0.4, -0.2) is 39.8 Å². The van der Waals surface area contributed by atoms with Crippen molar-refractivity contribution >= 4 is 22.5 Å². The van der Waals surface area contributed by atoms with Crippen molar-refractivity contribution in [1.29, 1.82) is 0 Å². The van der Waals surface area contributed by atoms with Crippen molar-refractivity contribution in [3.63, 3.8) is 0 Å². The Morgan fingerprint density at radius 2 is 1.96 bits per heavy atom. The highest BCUT2D eigenvalue weighted by Crippen LogP contribution is 2.49. The average molecular weight is 320 g/mol. The number of para-hydroxylation sites is 1. The van der Waals surface area contributed by atoms with Gasteiger partial charge in [0.25, 0.3) is 0 Å². The summed E-state index contributed by atoms with van der Waals surface area (Å²) in [6.45, 7) is 5.16. The zero-order chi connectivity index (χ0) is 16.1. The van der Waals surface area contributed by atoms with Crippen LogP contribution in [0.4, 0.5) is 11.5 Å². The molecule has 1 spiro atoms. The molecule has 1 fully saturated rings. The standard InChI is InChI=1S/C18H20N6/c1-12-15-16(23-22-12)20-11-21-17(15)24-10-18(6-8-19-9-7-18)13-4-2-3-5-14(13)24/h2-5,11,19H,6-10H2,1H3,(H,20,21,22,23). The molecule has 24 heavy (non-hydrogen) atoms. The zero-order valence-corrected chi connectivity index (χ0v) is 13.7. The summed E-state index contributed by atoms with van der Waals surface area (Å²) in [5.74, 6) is 0.967. The highest BCUT2D eigenvalue weighted by Gasteiger charge is 2.44. The van der Waals surface area contributed by atoms with Crippen LogP contribution in [0.3, 0.4) is 0 Å². The molecule has 0 bridgehead atoms. The lowest BCUT2D eigenvalue weighted by Gasteiger charge is -2.34. The predicted molar refractivity (Wildman–Crippen MR) is 93.7 cm³/mol. The number of anilines is 2. The fourth-order valence-corrected chi connectivity index (χ4v) is 4.34. The van der Waals surface area contributed by atoms with Gasteiger partial charge in [-0.2, -0.15) is 5.10 Å². The molecule has 2 aliphatic heterocycles. The van der Waals surface area contributed by atoms with Crippen LogP contribution in [0.25, 0.3) is 11.0 Å². The van der Waals surface area contributed by atoms with Crippen molar-refractivity contribution in [3.8, 4) is 0 Å². The molecule has 0 radical (unpaired) electrons. The third-order valence-corrected chi connectivity index (χ3v) is 5.56. The average Bonchev–Trinajstić information content (AvgIpc) is 3.16. The SMILES string of the molecule is Cc1[nH]nc2ncnc(N3CC4(CCNCC4)c4ccccc43)c12. The van der Waals surface area contributed by atoms with Gasteiger partial charge in [-0.15, -0.1) is 0 Å². The smallest absolute Gasteiger partial charge is 0.186 e. The number of nitrogens with zero attached hydrogens (tertiary/aromatic N) is 4. The van der Waals surface area contributed by atoms with E-state index >= 15 is 0 Å². The zero-order valence-electron chi connectivity index (χ0n) is 13.7. The normalized spacial score (nSPS) is 19.1. The number of aromatic nitrogens is 4. The topological polar surface area (TPSA) is 69.7 Å². The van der Waals surface area contributed by atoms with E-state index in [0.29, 0.717) is 0 Å². The van der Waals surface area contributed by atoms with Crippen LogP contribution in [0.15, 0.2) is 30.6 Å². The molecule has 6 nitrogen and oxygen atoms in total. The largest absolute Gasteiger partial charge is 0.324 e. The molecule has 1 aromatic carbocycles. The Morgan fingerprint density at radius 1 is 1.12 bits per heavy atom. The molecule has 0 atom stereocenters. The van der Waals surface area contributed by atoms with E-state index < -0.39 is 0 Å². The van der Waals surface area contributed by atoms with E-state index in [1.807, 2.05) is 6.92 Å². The van der Waals surface area contributed by atoms with Gasteiger partial charge in [-0.3, -0.25) is 5.10 Å². The number of fused-ring (bicyclic) bond motifs is 3. The second-order valence-electron chi connectivity index (χ2n) is 6.88. The highest BCUT2D eigenvalue weighted by atomic mass is 15.3. The molecule has 0 amide bonds. The number of piperidine rings is 1. The molecule has 5 rings (SSSR count). The van der Waals surface area contributed by atoms with Crippen LogP contribution in [0.1, 0.15) is 24.1 Å². The number of nitrogens with one attached hydrogen (secondary N) is 2. The molecule has 0 unspecified atom stereocenters. The highest BCUT2D eigenvalue weighted by molar-refractivity contribution is 5.92. The minimum absolute atomic E-state index is 0.219. The fourth-order valence-electron chi connectivity index (χ4n) is 4.34. The maximum atomic E-state index is 4.64. The quantitative estimate of drug-likeness (QED) is 0.721. The van der Waals surface area contributed by atoms with Gasteiger partial charge in [-0.1, -0.05) is 18.2 Å². The predicted octanol–water partition coefficient (Wildman–Crippen LogP) is 2.43. The lowest BCUT2D eigenvalue weighted by atomic mass is 9.75. The summed E-state index contributed by atoms with van der Waals surface area (Å²) in [4.78, 5) is 11.3. The third kappa shape index (κ3) is 1.83. The summed E-state index contributed by atoms with van der Waals surface area (Å²) in [6, 6.07) is 8.79. The number of aromatic amines is 1. The Labute approximate surface area is 140 Å². The minimum atomic E-state index is 0.219. The van der Waals surface area contributed by atoms with Crippen LogP contribution in [0.2, 0.25) is 0 Å². The maximum absolute atomic E-state index is 4.64. The molecule has 6 heteroatoms. The first-order valence-corrected chi connectivity index (χ1v) is 8.52. The van der Waals surface area contributed by atoms with E-state index in [1.54, 1.807) is 6.33 Å². The Bertz CT molecular complexity index is 909. The van der Waals surface area contributed by atoms with E-state index in [4.69, 9.17) is 0 Å². The van der Waals surface area contributed by atoms with E-state index in [2.05, 4.69) is 54.6 Å². The molecule has 2 aliphatic rings. The number of hydrogen-bond acceptors (Lipinski definition) is 5. The summed E-state index contributed by atoms with van der Waals surface area (Å²) >= 11 is 0. The summed E-state index contributed by atoms with van der Waals surface area (Å²) in [5, 5.41) is 11.9. The molecule has 2 aromatic heterocycles. The van der Waals surface area contributed by atoms with Gasteiger partial charge in [-0.25, -0.2) is 9.97 Å². The monoisotopic (exact) mass is 320 g/mol. The van der Waals surface area contributed by atoms with E-state index in [0.717, 1.165) is 42.2 Å². The Balaban J connectivity index is 1.71. The van der Waals surface area contributed by atoms with Crippen molar-refractivity contribution in [2.75, 3.05) is 24.5 Å². The summed E-state index contributed by atoms with van der Waals surface area (Å²) < 4.78 is 0. The van der Waals surface area contributed by atoms with Gasteiger partial charge in [0.15, 0.2) is 5.65 Å². The van der Waals surface area contributed by atoms with Crippen molar-refractivity contribution in [2.24, 2.45) is 0 Å². The number of rotatable bonds is 1. The molecular weight excluding hydrogens is 300 g/mol. The van der Waals surface area contributed by atoms with Crippen LogP contribution < -0.4 is 10.2 Å². The molecule has 3 aromatic rings. The molecule has 1 saturated heterocycles. The van der Waals surface area contributed by atoms with Crippen LogP contribution in [-0.2, 0) is 5.41 Å². The molecule has 4 heterocycles. The number of aryl methyl sites for hydroxylation is 1. The van der Waals surface area contributed by atoms with Crippen molar-refractivity contribution in [2.45, 2.75) is 25.2 Å². The Morgan fingerprint density at radius 3 is 2.83 bits per heavy atom. The third-order valence-electron chi connectivity index (χ3n) is 5.56. The van der Waals surface area contributed by atoms with Crippen molar-refractivity contribution in [1.82, 2.24) is 25.5 Å². The number of benzene rings is 1. The lowest BCUT2D eigenvalue weighted by molar-refractivity contribution is 0.329. The minimum Gasteiger partial charge on any atom is -0.324 e. The number of H-pyrrole nitrogens is 1. The van der Waals surface area contributed by atoms with Gasteiger partial charge < -0.3 is 10.2 Å². The fraction of sp³-hybridized carbons (Fsp3) is 0.389. The van der Waals surface area contributed by atoms with Crippen molar-refractivity contribution < 1.29 is 0 Å². The summed E-state index contributed by atoms with van der Waals surface area (Å²) in [7, 11) is 0. The van der Waals surface area contributed by atoms with Gasteiger partial charge in [0.1, 0.15) is 12.1 Å². The van der Waals surface area contributed by atoms with Gasteiger partial charge in [0.05, 0.1) is 5.39 Å². The first-order chi connectivity index (χ1) is 11.8. The molecule has 0 saturated carbocycles. The first kappa shape index (κ1) is 13.9. The van der Waals surface area contributed by atoms with Gasteiger partial charge >= 0.3 is 0 Å². The van der Waals surface area contributed by atoms with Gasteiger partial charge in [0, 0.05) is 23.3 Å². The van der Waals surface area contributed by atoms with Crippen LogP contribution in [0.5, 0.6) is 0 Å². The van der Waals surface area contributed by atoms with Crippen molar-refractivity contribution in [3.05, 3.63) is 41.9 Å². The molecule has 122 valence electrons. The summed E-state index contributed by atoms with van der Waals surface area (Å²) in [6.07, 6.45) is 3.95. The second kappa shape index (κ2) is 5.01. The summed E-state index contributed by atoms with van der Waals surface area (Å²) in [5.41, 5.74) is 4.71. The van der Waals surface area contributed by atoms with Crippen LogP contribution in [0, 0.1) is 6.92 Å². The molecule has 2 N–H and O–H groups in total. The molecule has 0 aliphatic carbocycles. The maximum Gasteiger partial charge on any atom is 0.186 e. The van der Waals surface area contributed by atoms with Gasteiger partial charge in [-0.05, 0) is 44.5 Å². The lowest BCUT2D eigenvalue weighted by Crippen LogP contribution is -2.42. The van der Waals surface area contributed by atoms with Crippen LogP contribution >= 0.6 is 0 Å². The second-order valence-corrected chi connectivity index (χ2v) is 6.88. The Kier molecular flexibility index (Phi) is 2.91. The van der Waals surface area contributed by atoms with E-state index in [1.165, 1.54) is 24.1 Å². The number of hydrogen-bond donors (Lipinski definition) is 2. The first-order valence-electron chi connectivity index (χ1n) is 8.52. The Hall–Kier alpha value is -2.47. The molecular formula is C18H20N6. The van der Waals surface area contributed by atoms with Gasteiger partial charge in [0.2, 0.25) is 0 Å².